The summed E-state index contributed by atoms with van der Waals surface area (Å²) in [6.07, 6.45) is 5.61. The molecule has 4 rings (SSSR count). The van der Waals surface area contributed by atoms with E-state index in [1.54, 1.807) is 18.2 Å². The molecule has 2 aliphatic heterocycles. The number of rotatable bonds is 8. The number of hydrogen-bond donors (Lipinski definition) is 1. The van der Waals surface area contributed by atoms with Gasteiger partial charge in [-0.3, -0.25) is 9.69 Å². The molecule has 0 aliphatic carbocycles. The molecule has 190 valence electrons. The fraction of sp³-hybridized carbons (Fsp3) is 0.552. The minimum absolute atomic E-state index is 0.142. The lowest BCUT2D eigenvalue weighted by molar-refractivity contribution is -0.132. The van der Waals surface area contributed by atoms with Crippen LogP contribution in [0.5, 0.6) is 5.75 Å². The summed E-state index contributed by atoms with van der Waals surface area (Å²) in [5, 5.41) is 3.64. The van der Waals surface area contributed by atoms with Crippen LogP contribution in [-0.2, 0) is 11.3 Å². The fourth-order valence-electron chi connectivity index (χ4n) is 5.34. The van der Waals surface area contributed by atoms with Crippen molar-refractivity contribution in [3.8, 4) is 5.75 Å². The van der Waals surface area contributed by atoms with Gasteiger partial charge in [-0.15, -0.1) is 0 Å². The average Bonchev–Trinajstić information content (AvgIpc) is 3.21. The van der Waals surface area contributed by atoms with E-state index in [9.17, 15) is 9.18 Å². The normalized spacial score (nSPS) is 20.7. The first kappa shape index (κ1) is 25.5. The summed E-state index contributed by atoms with van der Waals surface area (Å²) in [5.41, 5.74) is 2.29. The lowest BCUT2D eigenvalue weighted by Gasteiger charge is -2.34. The van der Waals surface area contributed by atoms with Crippen molar-refractivity contribution in [3.63, 3.8) is 0 Å². The Morgan fingerprint density at radius 3 is 2.69 bits per heavy atom. The molecule has 1 amide bonds. The molecule has 1 fully saturated rings. The van der Waals surface area contributed by atoms with Crippen LogP contribution in [0, 0.1) is 11.7 Å². The van der Waals surface area contributed by atoms with Crippen molar-refractivity contribution in [1.82, 2.24) is 9.80 Å². The van der Waals surface area contributed by atoms with Crippen LogP contribution in [0.15, 0.2) is 48.5 Å². The average molecular weight is 482 g/mol. The van der Waals surface area contributed by atoms with E-state index in [0.29, 0.717) is 44.0 Å². The molecular weight excluding hydrogens is 441 g/mol. The Bertz CT molecular complexity index is 966. The van der Waals surface area contributed by atoms with Gasteiger partial charge in [-0.1, -0.05) is 44.2 Å². The smallest absolute Gasteiger partial charge is 0.223 e. The molecule has 5 nitrogen and oxygen atoms in total. The highest BCUT2D eigenvalue weighted by molar-refractivity contribution is 5.76. The van der Waals surface area contributed by atoms with E-state index in [4.69, 9.17) is 4.74 Å². The fourth-order valence-corrected chi connectivity index (χ4v) is 5.34. The summed E-state index contributed by atoms with van der Waals surface area (Å²) < 4.78 is 19.4. The maximum absolute atomic E-state index is 13.8. The first-order valence-corrected chi connectivity index (χ1v) is 13.2. The summed E-state index contributed by atoms with van der Waals surface area (Å²) >= 11 is 0. The van der Waals surface area contributed by atoms with E-state index in [-0.39, 0.29) is 17.5 Å². The minimum Gasteiger partial charge on any atom is -0.491 e. The van der Waals surface area contributed by atoms with Crippen LogP contribution in [0.3, 0.4) is 0 Å². The van der Waals surface area contributed by atoms with Crippen molar-refractivity contribution in [1.29, 1.82) is 0 Å². The van der Waals surface area contributed by atoms with Gasteiger partial charge in [0.15, 0.2) is 11.6 Å². The van der Waals surface area contributed by atoms with Crippen molar-refractivity contribution >= 4 is 11.6 Å². The molecule has 0 aromatic heterocycles. The SMILES string of the molecule is CC(C)CCN1[C@H]2CCNc3ccccc3CN(C(=O)CCCOc3ccccc3F)C[C@@H]1CC2. The largest absolute Gasteiger partial charge is 0.491 e. The molecule has 6 heteroatoms. The molecule has 0 radical (unpaired) electrons. The quantitative estimate of drug-likeness (QED) is 0.491. The zero-order valence-electron chi connectivity index (χ0n) is 21.2. The van der Waals surface area contributed by atoms with E-state index in [1.807, 2.05) is 11.0 Å². The lowest BCUT2D eigenvalue weighted by Crippen LogP contribution is -2.45. The molecule has 1 N–H and O–H groups in total. The van der Waals surface area contributed by atoms with E-state index in [2.05, 4.69) is 42.3 Å². The van der Waals surface area contributed by atoms with E-state index in [0.717, 1.165) is 43.7 Å². The van der Waals surface area contributed by atoms with Gasteiger partial charge in [0.25, 0.3) is 0 Å². The molecule has 0 saturated carbocycles. The second kappa shape index (κ2) is 12.4. The first-order valence-electron chi connectivity index (χ1n) is 13.2. The zero-order valence-corrected chi connectivity index (χ0v) is 21.2. The molecule has 2 aromatic carbocycles. The van der Waals surface area contributed by atoms with Gasteiger partial charge in [0.2, 0.25) is 5.91 Å². The Morgan fingerprint density at radius 2 is 1.86 bits per heavy atom. The number of benzene rings is 2. The van der Waals surface area contributed by atoms with Gasteiger partial charge in [-0.2, -0.15) is 0 Å². The minimum atomic E-state index is -0.368. The number of carbonyl (C=O) groups excluding carboxylic acids is 1. The third-order valence-corrected chi connectivity index (χ3v) is 7.32. The van der Waals surface area contributed by atoms with Crippen LogP contribution in [0.2, 0.25) is 0 Å². The summed E-state index contributed by atoms with van der Waals surface area (Å²) in [5.74, 6) is 0.686. The van der Waals surface area contributed by atoms with Crippen LogP contribution in [0.25, 0.3) is 0 Å². The van der Waals surface area contributed by atoms with Gasteiger partial charge >= 0.3 is 0 Å². The number of anilines is 1. The first-order chi connectivity index (χ1) is 17.0. The number of para-hydroxylation sites is 2. The van der Waals surface area contributed by atoms with Crippen molar-refractivity contribution in [2.24, 2.45) is 5.92 Å². The predicted octanol–water partition coefficient (Wildman–Crippen LogP) is 5.71. The monoisotopic (exact) mass is 481 g/mol. The van der Waals surface area contributed by atoms with Gasteiger partial charge in [0.1, 0.15) is 0 Å². The number of fused-ring (bicyclic) bond motifs is 3. The number of nitrogens with one attached hydrogen (secondary N) is 1. The maximum atomic E-state index is 13.8. The standard InChI is InChI=1S/C29H40FN3O2/c1-22(2)16-18-33-24-13-14-25(33)21-32(20-23-8-3-5-10-27(23)31-17-15-24)29(34)12-7-19-35-28-11-6-4-9-26(28)30/h3-6,8-11,22,24-25,31H,7,12-21H2,1-2H3/t24-,25+/m1/s1. The topological polar surface area (TPSA) is 44.8 Å². The van der Waals surface area contributed by atoms with E-state index < -0.39 is 0 Å². The predicted molar refractivity (Wildman–Crippen MR) is 139 cm³/mol. The summed E-state index contributed by atoms with van der Waals surface area (Å²) in [7, 11) is 0. The summed E-state index contributed by atoms with van der Waals surface area (Å²) in [4.78, 5) is 18.2. The van der Waals surface area contributed by atoms with Crippen LogP contribution in [-0.4, -0.2) is 54.0 Å². The Hall–Kier alpha value is -2.60. The number of hydrogen-bond acceptors (Lipinski definition) is 4. The Morgan fingerprint density at radius 1 is 1.09 bits per heavy atom. The zero-order chi connectivity index (χ0) is 24.6. The van der Waals surface area contributed by atoms with Gasteiger partial charge < -0.3 is 15.0 Å². The highest BCUT2D eigenvalue weighted by atomic mass is 19.1. The van der Waals surface area contributed by atoms with E-state index >= 15 is 0 Å². The molecular formula is C29H40FN3O2. The second-order valence-electron chi connectivity index (χ2n) is 10.3. The molecule has 2 heterocycles. The van der Waals surface area contributed by atoms with Gasteiger partial charge in [0.05, 0.1) is 6.61 Å². The number of ether oxygens (including phenoxy) is 1. The van der Waals surface area contributed by atoms with Crippen LogP contribution in [0.1, 0.15) is 57.9 Å². The summed E-state index contributed by atoms with van der Waals surface area (Å²) in [6.45, 7) is 8.31. The highest BCUT2D eigenvalue weighted by Crippen LogP contribution is 2.30. The van der Waals surface area contributed by atoms with Gasteiger partial charge in [0, 0.05) is 43.8 Å². The number of carbonyl (C=O) groups is 1. The third-order valence-electron chi connectivity index (χ3n) is 7.32. The van der Waals surface area contributed by atoms with Crippen molar-refractivity contribution in [2.45, 2.75) is 71.0 Å². The number of nitrogens with zero attached hydrogens (tertiary/aromatic N) is 2. The van der Waals surface area contributed by atoms with Gasteiger partial charge in [-0.25, -0.2) is 4.39 Å². The maximum Gasteiger partial charge on any atom is 0.223 e. The highest BCUT2D eigenvalue weighted by Gasteiger charge is 2.35. The summed E-state index contributed by atoms with van der Waals surface area (Å²) in [6, 6.07) is 15.7. The molecule has 2 bridgehead atoms. The third kappa shape index (κ3) is 6.97. The molecule has 1 saturated heterocycles. The molecule has 0 unspecified atom stereocenters. The van der Waals surface area contributed by atoms with Crippen LogP contribution >= 0.6 is 0 Å². The van der Waals surface area contributed by atoms with E-state index in [1.165, 1.54) is 18.9 Å². The number of amides is 1. The lowest BCUT2D eigenvalue weighted by atomic mass is 10.1. The second-order valence-corrected chi connectivity index (χ2v) is 10.3. The number of halogens is 1. The molecule has 35 heavy (non-hydrogen) atoms. The molecule has 2 aromatic rings. The Kier molecular flexibility index (Phi) is 9.02. The molecule has 2 atom stereocenters. The van der Waals surface area contributed by atoms with Crippen molar-refractivity contribution in [3.05, 3.63) is 59.9 Å². The van der Waals surface area contributed by atoms with Crippen LogP contribution in [0.4, 0.5) is 10.1 Å². The molecule has 2 aliphatic rings. The Balaban J connectivity index is 1.44. The van der Waals surface area contributed by atoms with Crippen molar-refractivity contribution < 1.29 is 13.9 Å². The Labute approximate surface area is 209 Å². The molecule has 0 spiro atoms. The van der Waals surface area contributed by atoms with Gasteiger partial charge in [-0.05, 0) is 68.3 Å². The van der Waals surface area contributed by atoms with Crippen LogP contribution < -0.4 is 10.1 Å². The van der Waals surface area contributed by atoms with Crippen molar-refractivity contribution in [2.75, 3.05) is 31.6 Å².